The molecule has 1 aliphatic heterocycles. The van der Waals surface area contributed by atoms with E-state index in [2.05, 4.69) is 17.3 Å². The third kappa shape index (κ3) is 5.04. The van der Waals surface area contributed by atoms with Gasteiger partial charge in [-0.2, -0.15) is 0 Å². The molecule has 1 amide bonds. The van der Waals surface area contributed by atoms with Gasteiger partial charge in [-0.1, -0.05) is 0 Å². The van der Waals surface area contributed by atoms with Gasteiger partial charge in [0.15, 0.2) is 0 Å². The van der Waals surface area contributed by atoms with Gasteiger partial charge in [-0.15, -0.1) is 0 Å². The molecule has 1 saturated heterocycles. The van der Waals surface area contributed by atoms with Crippen LogP contribution in [0.4, 0.5) is 4.79 Å². The number of ether oxygens (including phenoxy) is 1. The van der Waals surface area contributed by atoms with Crippen LogP contribution in [0.2, 0.25) is 0 Å². The van der Waals surface area contributed by atoms with Gasteiger partial charge in [0.2, 0.25) is 0 Å². The van der Waals surface area contributed by atoms with Gasteiger partial charge in [0.05, 0.1) is 6.04 Å². The van der Waals surface area contributed by atoms with Crippen molar-refractivity contribution in [1.82, 2.24) is 10.2 Å². The number of hydrogen-bond acceptors (Lipinski definition) is 4. The predicted molar refractivity (Wildman–Crippen MR) is 69.4 cm³/mol. The Morgan fingerprint density at radius 1 is 1.39 bits per heavy atom. The van der Waals surface area contributed by atoms with Gasteiger partial charge < -0.3 is 19.7 Å². The first-order valence-electron chi connectivity index (χ1n) is 6.45. The van der Waals surface area contributed by atoms with E-state index >= 15 is 0 Å². The largest absolute Gasteiger partial charge is 0.444 e. The smallest absolute Gasteiger partial charge is 0.408 e. The van der Waals surface area contributed by atoms with Crippen LogP contribution in [0, 0.1) is 5.92 Å². The Morgan fingerprint density at radius 2 is 1.94 bits per heavy atom. The minimum atomic E-state index is -0.537. The topological polar surface area (TPSA) is 58.6 Å². The van der Waals surface area contributed by atoms with Crippen LogP contribution in [0.15, 0.2) is 0 Å². The second-order valence-electron chi connectivity index (χ2n) is 5.95. The predicted octanol–water partition coefficient (Wildman–Crippen LogP) is 1.42. The minimum absolute atomic E-state index is 0.214. The normalized spacial score (nSPS) is 20.2. The molecule has 0 aromatic carbocycles. The highest BCUT2D eigenvalue weighted by Gasteiger charge is 2.27. The molecule has 104 valence electrons. The summed E-state index contributed by atoms with van der Waals surface area (Å²) < 4.78 is 5.16. The Morgan fingerprint density at radius 3 is 2.39 bits per heavy atom. The van der Waals surface area contributed by atoms with Gasteiger partial charge in [-0.25, -0.2) is 4.79 Å². The quantitative estimate of drug-likeness (QED) is 0.776. The molecule has 5 heteroatoms. The monoisotopic (exact) mass is 256 g/mol. The van der Waals surface area contributed by atoms with E-state index in [9.17, 15) is 9.59 Å². The Hall–Kier alpha value is -1.10. The third-order valence-corrected chi connectivity index (χ3v) is 3.10. The fourth-order valence-electron chi connectivity index (χ4n) is 2.09. The number of carbonyl (C=O) groups excluding carboxylic acids is 2. The zero-order chi connectivity index (χ0) is 13.8. The molecule has 0 aromatic heterocycles. The first-order valence-corrected chi connectivity index (χ1v) is 6.45. The maximum atomic E-state index is 11.6. The first kappa shape index (κ1) is 15.0. The lowest BCUT2D eigenvalue weighted by molar-refractivity contribution is -0.111. The summed E-state index contributed by atoms with van der Waals surface area (Å²) >= 11 is 0. The lowest BCUT2D eigenvalue weighted by Gasteiger charge is -2.32. The molecular formula is C13H24N2O3. The number of likely N-dealkylation sites (tertiary alicyclic amines) is 1. The Bertz CT molecular complexity index is 291. The Labute approximate surface area is 109 Å². The summed E-state index contributed by atoms with van der Waals surface area (Å²) in [6.45, 7) is 7.34. The second kappa shape index (κ2) is 6.18. The van der Waals surface area contributed by atoms with Crippen LogP contribution in [0.1, 0.15) is 33.6 Å². The summed E-state index contributed by atoms with van der Waals surface area (Å²) in [4.78, 5) is 25.0. The fraction of sp³-hybridized carbons (Fsp3) is 0.846. The standard InChI is InChI=1S/C13H24N2O3/c1-13(2,3)18-12(17)14-11(9-16)10-5-7-15(4)8-6-10/h9-11H,5-8H2,1-4H3,(H,14,17). The number of nitrogens with one attached hydrogen (secondary N) is 1. The van der Waals surface area contributed by atoms with Gasteiger partial charge in [0.1, 0.15) is 11.9 Å². The van der Waals surface area contributed by atoms with Gasteiger partial charge in [0, 0.05) is 0 Å². The summed E-state index contributed by atoms with van der Waals surface area (Å²) in [7, 11) is 2.06. The number of rotatable bonds is 3. The van der Waals surface area contributed by atoms with Gasteiger partial charge in [0.25, 0.3) is 0 Å². The molecule has 18 heavy (non-hydrogen) atoms. The van der Waals surface area contributed by atoms with Crippen molar-refractivity contribution in [2.45, 2.75) is 45.3 Å². The van der Waals surface area contributed by atoms with Gasteiger partial charge >= 0.3 is 6.09 Å². The van der Waals surface area contributed by atoms with Gasteiger partial charge in [-0.05, 0) is 59.7 Å². The van der Waals surface area contributed by atoms with Crippen molar-refractivity contribution in [3.63, 3.8) is 0 Å². The molecule has 1 fully saturated rings. The van der Waals surface area contributed by atoms with E-state index in [0.29, 0.717) is 0 Å². The highest BCUT2D eigenvalue weighted by Crippen LogP contribution is 2.19. The van der Waals surface area contributed by atoms with E-state index in [1.165, 1.54) is 0 Å². The number of alkyl carbamates (subject to hydrolysis) is 1. The molecule has 0 radical (unpaired) electrons. The number of piperidine rings is 1. The summed E-state index contributed by atoms with van der Waals surface area (Å²) in [6.07, 6.45) is 2.16. The molecule has 1 aliphatic rings. The van der Waals surface area contributed by atoms with Crippen molar-refractivity contribution in [3.8, 4) is 0 Å². The van der Waals surface area contributed by atoms with E-state index < -0.39 is 17.7 Å². The van der Waals surface area contributed by atoms with Crippen LogP contribution in [-0.2, 0) is 9.53 Å². The number of carbonyl (C=O) groups is 2. The minimum Gasteiger partial charge on any atom is -0.444 e. The summed E-state index contributed by atoms with van der Waals surface area (Å²) in [5.41, 5.74) is -0.537. The van der Waals surface area contributed by atoms with E-state index in [0.717, 1.165) is 32.2 Å². The van der Waals surface area contributed by atoms with Crippen molar-refractivity contribution in [2.75, 3.05) is 20.1 Å². The summed E-state index contributed by atoms with van der Waals surface area (Å²) in [6, 6.07) is -0.437. The van der Waals surface area contributed by atoms with Crippen LogP contribution in [0.25, 0.3) is 0 Å². The highest BCUT2D eigenvalue weighted by atomic mass is 16.6. The summed E-state index contributed by atoms with van der Waals surface area (Å²) in [5, 5.41) is 2.66. The molecule has 1 N–H and O–H groups in total. The number of nitrogens with zero attached hydrogens (tertiary/aromatic N) is 1. The number of amides is 1. The molecule has 0 spiro atoms. The second-order valence-corrected chi connectivity index (χ2v) is 5.95. The zero-order valence-corrected chi connectivity index (χ0v) is 11.7. The van der Waals surface area contributed by atoms with E-state index in [-0.39, 0.29) is 5.92 Å². The zero-order valence-electron chi connectivity index (χ0n) is 11.7. The van der Waals surface area contributed by atoms with E-state index in [1.807, 2.05) is 0 Å². The van der Waals surface area contributed by atoms with Crippen LogP contribution in [-0.4, -0.2) is 49.1 Å². The molecule has 1 heterocycles. The molecule has 0 aliphatic carbocycles. The van der Waals surface area contributed by atoms with Crippen LogP contribution in [0.5, 0.6) is 0 Å². The first-order chi connectivity index (χ1) is 8.31. The fourth-order valence-corrected chi connectivity index (χ4v) is 2.09. The third-order valence-electron chi connectivity index (χ3n) is 3.10. The van der Waals surface area contributed by atoms with E-state index in [4.69, 9.17) is 4.74 Å². The molecule has 0 aromatic rings. The van der Waals surface area contributed by atoms with Crippen LogP contribution < -0.4 is 5.32 Å². The van der Waals surface area contributed by atoms with Crippen molar-refractivity contribution in [3.05, 3.63) is 0 Å². The summed E-state index contributed by atoms with van der Waals surface area (Å²) in [5.74, 6) is 0.214. The van der Waals surface area contributed by atoms with E-state index in [1.54, 1.807) is 20.8 Å². The maximum absolute atomic E-state index is 11.6. The lowest BCUT2D eigenvalue weighted by Crippen LogP contribution is -2.47. The molecule has 1 unspecified atom stereocenters. The molecular weight excluding hydrogens is 232 g/mol. The average Bonchev–Trinajstić information content (AvgIpc) is 2.25. The lowest BCUT2D eigenvalue weighted by atomic mass is 9.90. The SMILES string of the molecule is CN1CCC(C(C=O)NC(=O)OC(C)(C)C)CC1. The van der Waals surface area contributed by atoms with Crippen molar-refractivity contribution in [1.29, 1.82) is 0 Å². The highest BCUT2D eigenvalue weighted by molar-refractivity contribution is 5.73. The number of aldehydes is 1. The van der Waals surface area contributed by atoms with Crippen molar-refractivity contribution >= 4 is 12.4 Å². The molecule has 0 saturated carbocycles. The molecule has 5 nitrogen and oxygen atoms in total. The molecule has 1 atom stereocenters. The van der Waals surface area contributed by atoms with Crippen molar-refractivity contribution in [2.24, 2.45) is 5.92 Å². The van der Waals surface area contributed by atoms with Crippen LogP contribution >= 0.6 is 0 Å². The number of hydrogen-bond donors (Lipinski definition) is 1. The Balaban J connectivity index is 2.46. The Kier molecular flexibility index (Phi) is 5.14. The average molecular weight is 256 g/mol. The van der Waals surface area contributed by atoms with Gasteiger partial charge in [-0.3, -0.25) is 0 Å². The molecule has 1 rings (SSSR count). The van der Waals surface area contributed by atoms with Crippen molar-refractivity contribution < 1.29 is 14.3 Å². The van der Waals surface area contributed by atoms with Crippen LogP contribution in [0.3, 0.4) is 0 Å². The molecule has 0 bridgehead atoms. The maximum Gasteiger partial charge on any atom is 0.408 e.